The van der Waals surface area contributed by atoms with Crippen LogP contribution in [0.5, 0.6) is 5.75 Å². The number of carbonyl (C=O) groups excluding carboxylic acids is 1. The van der Waals surface area contributed by atoms with Gasteiger partial charge in [-0.1, -0.05) is 60.7 Å². The number of fused-ring (bicyclic) bond motifs is 1. The number of nitrogens with zero attached hydrogens (tertiary/aromatic N) is 1. The van der Waals surface area contributed by atoms with Gasteiger partial charge in [-0.2, -0.15) is 4.72 Å². The van der Waals surface area contributed by atoms with E-state index in [0.717, 1.165) is 5.56 Å². The Morgan fingerprint density at radius 2 is 1.67 bits per heavy atom. The SMILES string of the molecule is COc1ccccc1NC(=O)[C@H](Cc1ccccc1)NS(=O)(=O)c1cccc2cccnc12. The van der Waals surface area contributed by atoms with Crippen molar-refractivity contribution in [3.8, 4) is 5.75 Å². The normalized spacial score (nSPS) is 12.3. The summed E-state index contributed by atoms with van der Waals surface area (Å²) >= 11 is 0. The van der Waals surface area contributed by atoms with Gasteiger partial charge in [0.05, 0.1) is 18.3 Å². The lowest BCUT2D eigenvalue weighted by Crippen LogP contribution is -2.45. The van der Waals surface area contributed by atoms with Gasteiger partial charge in [-0.15, -0.1) is 0 Å². The molecule has 0 spiro atoms. The number of amides is 1. The number of anilines is 1. The second-order valence-corrected chi connectivity index (χ2v) is 9.07. The van der Waals surface area contributed by atoms with Gasteiger partial charge in [0.1, 0.15) is 16.7 Å². The van der Waals surface area contributed by atoms with E-state index in [1.54, 1.807) is 48.5 Å². The average molecular weight is 462 g/mol. The molecule has 0 aliphatic carbocycles. The Morgan fingerprint density at radius 3 is 2.45 bits per heavy atom. The van der Waals surface area contributed by atoms with Crippen LogP contribution in [0.1, 0.15) is 5.56 Å². The van der Waals surface area contributed by atoms with E-state index in [0.29, 0.717) is 22.3 Å². The molecule has 1 heterocycles. The van der Waals surface area contributed by atoms with Crippen LogP contribution in [-0.4, -0.2) is 32.5 Å². The monoisotopic (exact) mass is 461 g/mol. The molecule has 8 heteroatoms. The zero-order chi connectivity index (χ0) is 23.3. The van der Waals surface area contributed by atoms with E-state index in [9.17, 15) is 13.2 Å². The largest absolute Gasteiger partial charge is 0.495 e. The van der Waals surface area contributed by atoms with Crippen molar-refractivity contribution in [3.63, 3.8) is 0 Å². The predicted octanol–water partition coefficient (Wildman–Crippen LogP) is 3.77. The quantitative estimate of drug-likeness (QED) is 0.416. The number of methoxy groups -OCH3 is 1. The molecule has 168 valence electrons. The zero-order valence-corrected chi connectivity index (χ0v) is 18.7. The van der Waals surface area contributed by atoms with Crippen LogP contribution in [0.15, 0.2) is 96.0 Å². The maximum Gasteiger partial charge on any atom is 0.243 e. The molecule has 0 fully saturated rings. The van der Waals surface area contributed by atoms with Crippen molar-refractivity contribution in [1.82, 2.24) is 9.71 Å². The summed E-state index contributed by atoms with van der Waals surface area (Å²) in [7, 11) is -2.56. The third kappa shape index (κ3) is 5.19. The molecular weight excluding hydrogens is 438 g/mol. The van der Waals surface area contributed by atoms with Crippen molar-refractivity contribution in [2.45, 2.75) is 17.4 Å². The fraction of sp³-hybridized carbons (Fsp3) is 0.120. The number of pyridine rings is 1. The Morgan fingerprint density at radius 1 is 0.939 bits per heavy atom. The lowest BCUT2D eigenvalue weighted by Gasteiger charge is -2.20. The molecule has 0 aliphatic rings. The summed E-state index contributed by atoms with van der Waals surface area (Å²) < 4.78 is 34.6. The molecule has 0 unspecified atom stereocenters. The minimum absolute atomic E-state index is 0.0174. The second-order valence-electron chi connectivity index (χ2n) is 7.38. The Bertz CT molecular complexity index is 1370. The Labute approximate surface area is 192 Å². The molecule has 2 N–H and O–H groups in total. The lowest BCUT2D eigenvalue weighted by atomic mass is 10.1. The van der Waals surface area contributed by atoms with E-state index in [1.807, 2.05) is 30.3 Å². The van der Waals surface area contributed by atoms with Crippen molar-refractivity contribution >= 4 is 32.5 Å². The highest BCUT2D eigenvalue weighted by Crippen LogP contribution is 2.24. The first-order chi connectivity index (χ1) is 16.0. The van der Waals surface area contributed by atoms with Gasteiger partial charge in [-0.3, -0.25) is 9.78 Å². The first-order valence-corrected chi connectivity index (χ1v) is 11.8. The van der Waals surface area contributed by atoms with Crippen LogP contribution < -0.4 is 14.8 Å². The molecule has 33 heavy (non-hydrogen) atoms. The van der Waals surface area contributed by atoms with E-state index in [-0.39, 0.29) is 11.3 Å². The van der Waals surface area contributed by atoms with Gasteiger partial charge in [0.15, 0.2) is 0 Å². The van der Waals surface area contributed by atoms with E-state index in [2.05, 4.69) is 15.0 Å². The Balaban J connectivity index is 1.67. The van der Waals surface area contributed by atoms with Crippen molar-refractivity contribution in [3.05, 3.63) is 96.7 Å². The molecule has 0 bridgehead atoms. The minimum Gasteiger partial charge on any atom is -0.495 e. The molecule has 7 nitrogen and oxygen atoms in total. The van der Waals surface area contributed by atoms with Crippen molar-refractivity contribution in [2.75, 3.05) is 12.4 Å². The van der Waals surface area contributed by atoms with Crippen LogP contribution >= 0.6 is 0 Å². The van der Waals surface area contributed by atoms with Crippen LogP contribution in [0.3, 0.4) is 0 Å². The molecular formula is C25H23N3O4S. The number of sulfonamides is 1. The van der Waals surface area contributed by atoms with Crippen LogP contribution in [0.2, 0.25) is 0 Å². The van der Waals surface area contributed by atoms with Gasteiger partial charge >= 0.3 is 0 Å². The molecule has 1 aromatic heterocycles. The maximum atomic E-state index is 13.4. The highest BCUT2D eigenvalue weighted by atomic mass is 32.2. The van der Waals surface area contributed by atoms with Gasteiger partial charge in [-0.05, 0) is 36.2 Å². The number of hydrogen-bond donors (Lipinski definition) is 2. The van der Waals surface area contributed by atoms with Crippen LogP contribution in [0, 0.1) is 0 Å². The minimum atomic E-state index is -4.06. The van der Waals surface area contributed by atoms with Gasteiger partial charge in [0.25, 0.3) is 0 Å². The molecule has 0 saturated heterocycles. The fourth-order valence-corrected chi connectivity index (χ4v) is 4.92. The van der Waals surface area contributed by atoms with E-state index in [1.165, 1.54) is 19.4 Å². The molecule has 1 amide bonds. The third-order valence-corrected chi connectivity index (χ3v) is 6.65. The van der Waals surface area contributed by atoms with Crippen LogP contribution in [0.25, 0.3) is 10.9 Å². The van der Waals surface area contributed by atoms with Crippen molar-refractivity contribution in [2.24, 2.45) is 0 Å². The summed E-state index contributed by atoms with van der Waals surface area (Å²) in [5, 5.41) is 3.48. The number of aromatic nitrogens is 1. The first kappa shape index (κ1) is 22.4. The third-order valence-electron chi connectivity index (χ3n) is 5.15. The molecule has 0 radical (unpaired) electrons. The molecule has 0 aliphatic heterocycles. The van der Waals surface area contributed by atoms with Crippen LogP contribution in [0.4, 0.5) is 5.69 Å². The van der Waals surface area contributed by atoms with Gasteiger partial charge in [0, 0.05) is 11.6 Å². The Hall–Kier alpha value is -3.75. The second kappa shape index (κ2) is 9.81. The topological polar surface area (TPSA) is 97.4 Å². The number of rotatable bonds is 8. The van der Waals surface area contributed by atoms with E-state index < -0.39 is 22.0 Å². The van der Waals surface area contributed by atoms with Crippen LogP contribution in [-0.2, 0) is 21.2 Å². The number of ether oxygens (including phenoxy) is 1. The lowest BCUT2D eigenvalue weighted by molar-refractivity contribution is -0.117. The fourth-order valence-electron chi connectivity index (χ4n) is 3.55. The number of nitrogens with one attached hydrogen (secondary N) is 2. The average Bonchev–Trinajstić information content (AvgIpc) is 2.84. The highest BCUT2D eigenvalue weighted by Gasteiger charge is 2.28. The molecule has 4 aromatic rings. The highest BCUT2D eigenvalue weighted by molar-refractivity contribution is 7.89. The molecule has 0 saturated carbocycles. The number of carbonyl (C=O) groups is 1. The summed E-state index contributed by atoms with van der Waals surface area (Å²) in [5.41, 5.74) is 1.61. The number of hydrogen-bond acceptors (Lipinski definition) is 5. The molecule has 4 rings (SSSR count). The smallest absolute Gasteiger partial charge is 0.243 e. The summed E-state index contributed by atoms with van der Waals surface area (Å²) in [6.07, 6.45) is 1.70. The van der Waals surface area contributed by atoms with Crippen molar-refractivity contribution in [1.29, 1.82) is 0 Å². The molecule has 3 aromatic carbocycles. The van der Waals surface area contributed by atoms with Crippen molar-refractivity contribution < 1.29 is 17.9 Å². The summed E-state index contributed by atoms with van der Waals surface area (Å²) in [4.78, 5) is 17.5. The molecule has 1 atom stereocenters. The van der Waals surface area contributed by atoms with Gasteiger partial charge < -0.3 is 10.1 Å². The van der Waals surface area contributed by atoms with E-state index in [4.69, 9.17) is 4.74 Å². The predicted molar refractivity (Wildman–Crippen MR) is 128 cm³/mol. The van der Waals surface area contributed by atoms with E-state index >= 15 is 0 Å². The maximum absolute atomic E-state index is 13.4. The zero-order valence-electron chi connectivity index (χ0n) is 17.9. The Kier molecular flexibility index (Phi) is 6.67. The van der Waals surface area contributed by atoms with Gasteiger partial charge in [-0.25, -0.2) is 8.42 Å². The standard InChI is InChI=1S/C25H23N3O4S/c1-32-22-14-6-5-13-20(22)27-25(29)21(17-18-9-3-2-4-10-18)28-33(30,31)23-15-7-11-19-12-8-16-26-24(19)23/h2-16,21,28H,17H2,1H3,(H,27,29)/t21-/m0/s1. The summed E-state index contributed by atoms with van der Waals surface area (Å²) in [6.45, 7) is 0. The summed E-state index contributed by atoms with van der Waals surface area (Å²) in [5.74, 6) is -0.0226. The summed E-state index contributed by atoms with van der Waals surface area (Å²) in [6, 6.07) is 23.6. The van der Waals surface area contributed by atoms with Gasteiger partial charge in [0.2, 0.25) is 15.9 Å². The first-order valence-electron chi connectivity index (χ1n) is 10.3. The number of benzene rings is 3. The number of para-hydroxylation sites is 3.